The van der Waals surface area contributed by atoms with Crippen molar-refractivity contribution in [3.63, 3.8) is 0 Å². The number of anilines is 1. The van der Waals surface area contributed by atoms with Crippen LogP contribution in [0.4, 0.5) is 5.69 Å². The highest BCUT2D eigenvalue weighted by molar-refractivity contribution is 8.00. The molecular formula is C10H12N2OS. The van der Waals surface area contributed by atoms with Gasteiger partial charge in [0.25, 0.3) is 0 Å². The maximum Gasteiger partial charge on any atom is 0.234 e. The monoisotopic (exact) mass is 208 g/mol. The smallest absolute Gasteiger partial charge is 0.234 e. The largest absolute Gasteiger partial charge is 0.325 e. The van der Waals surface area contributed by atoms with Crippen LogP contribution in [0.5, 0.6) is 0 Å². The average Bonchev–Trinajstić information content (AvgIpc) is 2.20. The molecule has 1 aromatic heterocycles. The number of aromatic nitrogens is 1. The molecule has 0 aliphatic heterocycles. The minimum Gasteiger partial charge on any atom is -0.325 e. The van der Waals surface area contributed by atoms with Crippen LogP contribution < -0.4 is 5.32 Å². The Hall–Kier alpha value is -1.29. The van der Waals surface area contributed by atoms with Crippen molar-refractivity contribution in [2.45, 2.75) is 0 Å². The maximum absolute atomic E-state index is 11.3. The summed E-state index contributed by atoms with van der Waals surface area (Å²) in [5.41, 5.74) is 0.782. The summed E-state index contributed by atoms with van der Waals surface area (Å²) in [5.74, 6) is 1.25. The van der Waals surface area contributed by atoms with Gasteiger partial charge in [-0.25, -0.2) is 0 Å². The number of thioether (sulfide) groups is 1. The van der Waals surface area contributed by atoms with E-state index < -0.39 is 0 Å². The van der Waals surface area contributed by atoms with Crippen LogP contribution >= 0.6 is 11.8 Å². The Kier molecular flexibility index (Phi) is 4.78. The highest BCUT2D eigenvalue weighted by Gasteiger charge is 2.00. The van der Waals surface area contributed by atoms with Crippen molar-refractivity contribution in [1.82, 2.24) is 4.98 Å². The van der Waals surface area contributed by atoms with Crippen LogP contribution in [0.15, 0.2) is 37.2 Å². The number of hydrogen-bond donors (Lipinski definition) is 1. The Morgan fingerprint density at radius 3 is 2.93 bits per heavy atom. The highest BCUT2D eigenvalue weighted by Crippen LogP contribution is 2.05. The lowest BCUT2D eigenvalue weighted by molar-refractivity contribution is -0.113. The molecule has 1 heterocycles. The maximum atomic E-state index is 11.3. The Morgan fingerprint density at radius 1 is 1.57 bits per heavy atom. The molecular weight excluding hydrogens is 196 g/mol. The van der Waals surface area contributed by atoms with Gasteiger partial charge in [0.15, 0.2) is 0 Å². The van der Waals surface area contributed by atoms with Crippen LogP contribution in [0.3, 0.4) is 0 Å². The molecule has 3 nitrogen and oxygen atoms in total. The van der Waals surface area contributed by atoms with E-state index in [4.69, 9.17) is 0 Å². The zero-order valence-corrected chi connectivity index (χ0v) is 8.59. The highest BCUT2D eigenvalue weighted by atomic mass is 32.2. The summed E-state index contributed by atoms with van der Waals surface area (Å²) in [4.78, 5) is 15.2. The number of nitrogens with one attached hydrogen (secondary N) is 1. The van der Waals surface area contributed by atoms with Crippen LogP contribution in [-0.4, -0.2) is 22.4 Å². The minimum absolute atomic E-state index is 0.00282. The Balaban J connectivity index is 2.31. The van der Waals surface area contributed by atoms with Crippen molar-refractivity contribution in [2.75, 3.05) is 16.8 Å². The molecule has 0 radical (unpaired) electrons. The van der Waals surface area contributed by atoms with Crippen molar-refractivity contribution in [1.29, 1.82) is 0 Å². The van der Waals surface area contributed by atoms with E-state index in [0.717, 1.165) is 11.4 Å². The lowest BCUT2D eigenvalue weighted by atomic mass is 10.4. The first-order valence-electron chi connectivity index (χ1n) is 4.21. The van der Waals surface area contributed by atoms with Crippen molar-refractivity contribution < 1.29 is 4.79 Å². The van der Waals surface area contributed by atoms with Gasteiger partial charge >= 0.3 is 0 Å². The number of carbonyl (C=O) groups is 1. The zero-order chi connectivity index (χ0) is 10.2. The second kappa shape index (κ2) is 6.21. The Labute approximate surface area is 87.6 Å². The van der Waals surface area contributed by atoms with Gasteiger partial charge in [-0.3, -0.25) is 9.78 Å². The van der Waals surface area contributed by atoms with Gasteiger partial charge in [0, 0.05) is 23.8 Å². The van der Waals surface area contributed by atoms with Gasteiger partial charge in [0.05, 0.1) is 5.75 Å². The van der Waals surface area contributed by atoms with Crippen molar-refractivity contribution in [3.05, 3.63) is 37.2 Å². The second-order valence-electron chi connectivity index (χ2n) is 2.59. The number of nitrogens with zero attached hydrogens (tertiary/aromatic N) is 1. The van der Waals surface area contributed by atoms with Gasteiger partial charge < -0.3 is 5.32 Å². The van der Waals surface area contributed by atoms with E-state index in [9.17, 15) is 4.79 Å². The number of carbonyl (C=O) groups excluding carboxylic acids is 1. The third kappa shape index (κ3) is 4.09. The molecule has 1 N–H and O–H groups in total. The first-order chi connectivity index (χ1) is 6.83. The summed E-state index contributed by atoms with van der Waals surface area (Å²) in [5, 5.41) is 2.77. The van der Waals surface area contributed by atoms with Crippen molar-refractivity contribution >= 4 is 23.4 Å². The molecule has 0 bridgehead atoms. The first-order valence-corrected chi connectivity index (χ1v) is 5.37. The predicted octanol–water partition coefficient (Wildman–Crippen LogP) is 1.94. The molecule has 0 aromatic carbocycles. The first kappa shape index (κ1) is 10.8. The van der Waals surface area contributed by atoms with Crippen LogP contribution in [-0.2, 0) is 4.79 Å². The van der Waals surface area contributed by atoms with Gasteiger partial charge in [-0.2, -0.15) is 0 Å². The fourth-order valence-corrected chi connectivity index (χ4v) is 1.41. The fraction of sp³-hybridized carbons (Fsp3) is 0.200. The Bertz CT molecular complexity index is 300. The van der Waals surface area contributed by atoms with E-state index >= 15 is 0 Å². The van der Waals surface area contributed by atoms with E-state index in [1.165, 1.54) is 11.8 Å². The van der Waals surface area contributed by atoms with Crippen LogP contribution in [0.2, 0.25) is 0 Å². The standard InChI is InChI=1S/C10H12N2OS/c1-2-7-14-8-10(13)12-9-3-5-11-6-4-9/h2-6H,1,7-8H2,(H,11,12,13). The lowest BCUT2D eigenvalue weighted by Gasteiger charge is -2.02. The average molecular weight is 208 g/mol. The third-order valence-electron chi connectivity index (χ3n) is 1.43. The minimum atomic E-state index is 0.00282. The number of rotatable bonds is 5. The molecule has 0 spiro atoms. The topological polar surface area (TPSA) is 42.0 Å². The normalized spacial score (nSPS) is 9.43. The lowest BCUT2D eigenvalue weighted by Crippen LogP contribution is -2.14. The SMILES string of the molecule is C=CCSCC(=O)Nc1ccncc1. The molecule has 1 amide bonds. The fourth-order valence-electron chi connectivity index (χ4n) is 0.867. The molecule has 0 fully saturated rings. The third-order valence-corrected chi connectivity index (χ3v) is 2.37. The van der Waals surface area contributed by atoms with E-state index in [1.807, 2.05) is 0 Å². The van der Waals surface area contributed by atoms with E-state index in [-0.39, 0.29) is 5.91 Å². The quantitative estimate of drug-likeness (QED) is 0.594. The van der Waals surface area contributed by atoms with Crippen LogP contribution in [0, 0.1) is 0 Å². The summed E-state index contributed by atoms with van der Waals surface area (Å²) < 4.78 is 0. The number of amides is 1. The molecule has 14 heavy (non-hydrogen) atoms. The molecule has 4 heteroatoms. The molecule has 0 aliphatic rings. The van der Waals surface area contributed by atoms with Gasteiger partial charge in [0.2, 0.25) is 5.91 Å². The molecule has 1 aromatic rings. The molecule has 74 valence electrons. The number of pyridine rings is 1. The van der Waals surface area contributed by atoms with Crippen molar-refractivity contribution in [2.24, 2.45) is 0 Å². The summed E-state index contributed by atoms with van der Waals surface area (Å²) in [6.45, 7) is 3.58. The van der Waals surface area contributed by atoms with E-state index in [1.54, 1.807) is 30.6 Å². The predicted molar refractivity (Wildman–Crippen MR) is 60.4 cm³/mol. The van der Waals surface area contributed by atoms with Gasteiger partial charge in [-0.15, -0.1) is 18.3 Å². The number of hydrogen-bond acceptors (Lipinski definition) is 3. The van der Waals surface area contributed by atoms with Gasteiger partial charge in [-0.1, -0.05) is 6.08 Å². The van der Waals surface area contributed by atoms with Crippen LogP contribution in [0.25, 0.3) is 0 Å². The molecule has 1 rings (SSSR count). The summed E-state index contributed by atoms with van der Waals surface area (Å²) in [6, 6.07) is 3.52. The van der Waals surface area contributed by atoms with Gasteiger partial charge in [-0.05, 0) is 12.1 Å². The van der Waals surface area contributed by atoms with Gasteiger partial charge in [0.1, 0.15) is 0 Å². The summed E-state index contributed by atoms with van der Waals surface area (Å²) >= 11 is 1.53. The molecule has 0 unspecified atom stereocenters. The zero-order valence-electron chi connectivity index (χ0n) is 7.77. The van der Waals surface area contributed by atoms with E-state index in [2.05, 4.69) is 16.9 Å². The van der Waals surface area contributed by atoms with E-state index in [0.29, 0.717) is 5.75 Å². The second-order valence-corrected chi connectivity index (χ2v) is 3.62. The summed E-state index contributed by atoms with van der Waals surface area (Å²) in [7, 11) is 0. The Morgan fingerprint density at radius 2 is 2.29 bits per heavy atom. The molecule has 0 aliphatic carbocycles. The summed E-state index contributed by atoms with van der Waals surface area (Å²) in [6.07, 6.45) is 5.07. The van der Waals surface area contributed by atoms with Crippen molar-refractivity contribution in [3.8, 4) is 0 Å². The molecule has 0 atom stereocenters. The molecule has 0 saturated heterocycles. The van der Waals surface area contributed by atoms with Crippen LogP contribution in [0.1, 0.15) is 0 Å². The molecule has 0 saturated carbocycles.